The van der Waals surface area contributed by atoms with Gasteiger partial charge in [0.25, 0.3) is 5.91 Å². The molecule has 0 heterocycles. The largest absolute Gasteiger partial charge is 0.480 e. The first-order chi connectivity index (χ1) is 15.9. The van der Waals surface area contributed by atoms with E-state index in [0.29, 0.717) is 24.3 Å². The molecule has 0 aliphatic heterocycles. The lowest BCUT2D eigenvalue weighted by Gasteiger charge is -2.32. The first-order valence-corrected chi connectivity index (χ1v) is 13.0. The highest BCUT2D eigenvalue weighted by atomic mass is 32.1. The van der Waals surface area contributed by atoms with Crippen LogP contribution in [0.1, 0.15) is 67.2 Å². The lowest BCUT2D eigenvalue weighted by molar-refractivity contribution is -0.139. The van der Waals surface area contributed by atoms with Gasteiger partial charge in [0.1, 0.15) is 11.7 Å². The molecule has 2 atom stereocenters. The number of amides is 1. The SMILES string of the molecule is CC(C=CC1=C(C)CCCC1(C)C)=CC=CC(C)=C(N[C@@H](CCS)C(=O)O)C(=O)NCC(C)S. The van der Waals surface area contributed by atoms with Crippen molar-refractivity contribution in [2.75, 3.05) is 12.3 Å². The van der Waals surface area contributed by atoms with Crippen molar-refractivity contribution >= 4 is 37.1 Å². The van der Waals surface area contributed by atoms with Gasteiger partial charge in [-0.2, -0.15) is 25.3 Å². The van der Waals surface area contributed by atoms with E-state index in [1.165, 1.54) is 24.0 Å². The summed E-state index contributed by atoms with van der Waals surface area (Å²) in [7, 11) is 0. The Hall–Kier alpha value is -1.86. The minimum atomic E-state index is -1.02. The van der Waals surface area contributed by atoms with Crippen LogP contribution in [0.5, 0.6) is 0 Å². The van der Waals surface area contributed by atoms with Gasteiger partial charge in [-0.15, -0.1) is 0 Å². The number of thiol groups is 2. The fourth-order valence-electron chi connectivity index (χ4n) is 3.96. The molecule has 34 heavy (non-hydrogen) atoms. The molecular weight excluding hydrogens is 464 g/mol. The number of nitrogens with one attached hydrogen (secondary N) is 2. The Labute approximate surface area is 216 Å². The van der Waals surface area contributed by atoms with Gasteiger partial charge in [-0.3, -0.25) is 4.79 Å². The van der Waals surface area contributed by atoms with Crippen LogP contribution in [0, 0.1) is 5.41 Å². The molecule has 0 aromatic heterocycles. The summed E-state index contributed by atoms with van der Waals surface area (Å²) in [5, 5.41) is 15.2. The fraction of sp³-hybridized carbons (Fsp3) is 0.556. The van der Waals surface area contributed by atoms with E-state index in [4.69, 9.17) is 0 Å². The molecule has 1 aliphatic carbocycles. The van der Waals surface area contributed by atoms with Crippen LogP contribution in [-0.4, -0.2) is 40.6 Å². The molecule has 0 aromatic carbocycles. The third-order valence-electron chi connectivity index (χ3n) is 5.97. The molecule has 1 unspecified atom stereocenters. The van der Waals surface area contributed by atoms with Crippen molar-refractivity contribution in [2.24, 2.45) is 5.41 Å². The number of aliphatic carboxylic acids is 1. The molecule has 1 amide bonds. The van der Waals surface area contributed by atoms with Crippen LogP contribution in [0.25, 0.3) is 0 Å². The quantitative estimate of drug-likeness (QED) is 0.135. The van der Waals surface area contributed by atoms with Crippen LogP contribution in [-0.2, 0) is 9.59 Å². The van der Waals surface area contributed by atoms with Crippen LogP contribution >= 0.6 is 25.3 Å². The average molecular weight is 507 g/mol. The molecule has 3 N–H and O–H groups in total. The predicted octanol–water partition coefficient (Wildman–Crippen LogP) is 5.64. The average Bonchev–Trinajstić information content (AvgIpc) is 2.73. The van der Waals surface area contributed by atoms with Crippen molar-refractivity contribution in [3.05, 3.63) is 58.4 Å². The topological polar surface area (TPSA) is 78.4 Å². The lowest BCUT2D eigenvalue weighted by Crippen LogP contribution is -2.43. The molecule has 0 spiro atoms. The summed E-state index contributed by atoms with van der Waals surface area (Å²) in [5.41, 5.74) is 5.05. The monoisotopic (exact) mass is 506 g/mol. The Bertz CT molecular complexity index is 880. The van der Waals surface area contributed by atoms with Crippen molar-refractivity contribution in [3.8, 4) is 0 Å². The Morgan fingerprint density at radius 3 is 2.47 bits per heavy atom. The molecule has 1 aliphatic rings. The zero-order valence-corrected chi connectivity index (χ0v) is 23.2. The van der Waals surface area contributed by atoms with E-state index in [0.717, 1.165) is 12.0 Å². The van der Waals surface area contributed by atoms with Gasteiger partial charge >= 0.3 is 5.97 Å². The van der Waals surface area contributed by atoms with E-state index in [2.05, 4.69) is 68.8 Å². The second kappa shape index (κ2) is 14.5. The summed E-state index contributed by atoms with van der Waals surface area (Å²) in [6.45, 7) is 12.9. The Kier molecular flexibility index (Phi) is 12.9. The summed E-state index contributed by atoms with van der Waals surface area (Å²) in [5.74, 6) is -0.978. The van der Waals surface area contributed by atoms with Crippen molar-refractivity contribution in [3.63, 3.8) is 0 Å². The number of hydrogen-bond acceptors (Lipinski definition) is 5. The van der Waals surface area contributed by atoms with Crippen LogP contribution in [0.2, 0.25) is 0 Å². The van der Waals surface area contributed by atoms with Gasteiger partial charge in [-0.1, -0.05) is 62.3 Å². The normalized spacial score (nSPS) is 19.2. The van der Waals surface area contributed by atoms with Gasteiger partial charge in [0.05, 0.1) is 0 Å². The fourth-order valence-corrected chi connectivity index (χ4v) is 4.31. The number of carbonyl (C=O) groups is 2. The molecular formula is C27H42N2O3S2. The van der Waals surface area contributed by atoms with Gasteiger partial charge in [0, 0.05) is 11.8 Å². The van der Waals surface area contributed by atoms with Crippen molar-refractivity contribution in [1.29, 1.82) is 0 Å². The summed E-state index contributed by atoms with van der Waals surface area (Å²) >= 11 is 8.44. The highest BCUT2D eigenvalue weighted by Crippen LogP contribution is 2.40. The van der Waals surface area contributed by atoms with Crippen LogP contribution in [0.15, 0.2) is 58.4 Å². The summed E-state index contributed by atoms with van der Waals surface area (Å²) in [4.78, 5) is 24.4. The van der Waals surface area contributed by atoms with Gasteiger partial charge in [-0.25, -0.2) is 4.79 Å². The second-order valence-electron chi connectivity index (χ2n) is 9.70. The number of carboxylic acids is 1. The van der Waals surface area contributed by atoms with Crippen LogP contribution < -0.4 is 10.6 Å². The molecule has 190 valence electrons. The number of carbonyl (C=O) groups excluding carboxylic acids is 1. The number of carboxylic acid groups (broad SMARTS) is 1. The minimum Gasteiger partial charge on any atom is -0.480 e. The second-order valence-corrected chi connectivity index (χ2v) is 11.0. The molecule has 5 nitrogen and oxygen atoms in total. The van der Waals surface area contributed by atoms with Gasteiger partial charge < -0.3 is 15.7 Å². The summed E-state index contributed by atoms with van der Waals surface area (Å²) < 4.78 is 0. The molecule has 1 rings (SSSR count). The number of hydrogen-bond donors (Lipinski definition) is 5. The smallest absolute Gasteiger partial charge is 0.326 e. The van der Waals surface area contributed by atoms with E-state index in [-0.39, 0.29) is 22.3 Å². The standard InChI is InChI=1S/C27H42N2O3S2/c1-18(12-13-22-19(2)11-8-15-27(22,5)6)9-7-10-20(3)24(25(30)28-17-21(4)34)29-23(14-16-33)26(31)32/h7,9-10,12-13,21,23,29,33-34H,8,11,14-17H2,1-6H3,(H,28,30)(H,31,32)/t21?,23-/m0/s1. The van der Waals surface area contributed by atoms with E-state index in [1.54, 1.807) is 6.92 Å². The number of allylic oxidation sites excluding steroid dienone is 9. The maximum atomic E-state index is 12.8. The molecule has 0 saturated carbocycles. The first-order valence-electron chi connectivity index (χ1n) is 11.9. The van der Waals surface area contributed by atoms with Crippen LogP contribution in [0.3, 0.4) is 0 Å². The maximum Gasteiger partial charge on any atom is 0.326 e. The van der Waals surface area contributed by atoms with Gasteiger partial charge in [0.15, 0.2) is 0 Å². The summed E-state index contributed by atoms with van der Waals surface area (Å²) in [6.07, 6.45) is 13.9. The maximum absolute atomic E-state index is 12.8. The zero-order valence-electron chi connectivity index (χ0n) is 21.4. The molecule has 0 bridgehead atoms. The third-order valence-corrected chi connectivity index (χ3v) is 6.42. The molecule has 0 radical (unpaired) electrons. The van der Waals surface area contributed by atoms with Crippen molar-refractivity contribution in [1.82, 2.24) is 10.6 Å². The highest BCUT2D eigenvalue weighted by Gasteiger charge is 2.26. The Morgan fingerprint density at radius 2 is 1.91 bits per heavy atom. The van der Waals surface area contributed by atoms with Gasteiger partial charge in [-0.05, 0) is 68.8 Å². The minimum absolute atomic E-state index is 0.0148. The van der Waals surface area contributed by atoms with E-state index < -0.39 is 12.0 Å². The van der Waals surface area contributed by atoms with Crippen molar-refractivity contribution in [2.45, 2.75) is 78.5 Å². The van der Waals surface area contributed by atoms with E-state index >= 15 is 0 Å². The van der Waals surface area contributed by atoms with Crippen molar-refractivity contribution < 1.29 is 14.7 Å². The highest BCUT2D eigenvalue weighted by molar-refractivity contribution is 7.81. The third kappa shape index (κ3) is 10.2. The number of rotatable bonds is 12. The lowest BCUT2D eigenvalue weighted by atomic mass is 9.72. The van der Waals surface area contributed by atoms with E-state index in [9.17, 15) is 14.7 Å². The van der Waals surface area contributed by atoms with Gasteiger partial charge in [0.2, 0.25) is 0 Å². The zero-order chi connectivity index (χ0) is 25.9. The van der Waals surface area contributed by atoms with E-state index in [1.807, 2.05) is 32.1 Å². The molecule has 0 fully saturated rings. The first kappa shape index (κ1) is 30.2. The summed E-state index contributed by atoms with van der Waals surface area (Å²) in [6, 6.07) is -0.898. The predicted molar refractivity (Wildman–Crippen MR) is 150 cm³/mol. The molecule has 0 saturated heterocycles. The Balaban J connectivity index is 3.10. The Morgan fingerprint density at radius 1 is 1.24 bits per heavy atom. The molecule has 7 heteroatoms. The molecule has 0 aromatic rings. The van der Waals surface area contributed by atoms with Crippen LogP contribution in [0.4, 0.5) is 0 Å².